The lowest BCUT2D eigenvalue weighted by molar-refractivity contribution is -0.115. The fourth-order valence-electron chi connectivity index (χ4n) is 3.12. The normalized spacial score (nSPS) is 14.5. The van der Waals surface area contributed by atoms with Crippen LogP contribution in [0.1, 0.15) is 24.8 Å². The van der Waals surface area contributed by atoms with Crippen molar-refractivity contribution in [1.82, 2.24) is 4.98 Å². The second-order valence-electron chi connectivity index (χ2n) is 6.51. The molecule has 0 radical (unpaired) electrons. The van der Waals surface area contributed by atoms with Gasteiger partial charge in [0.05, 0.1) is 11.2 Å². The van der Waals surface area contributed by atoms with E-state index >= 15 is 0 Å². The number of benzene rings is 2. The van der Waals surface area contributed by atoms with Gasteiger partial charge in [0.15, 0.2) is 0 Å². The van der Waals surface area contributed by atoms with Crippen molar-refractivity contribution in [3.63, 3.8) is 0 Å². The Balaban J connectivity index is 1.53. The van der Waals surface area contributed by atoms with Gasteiger partial charge in [-0.1, -0.05) is 60.2 Å². The molecule has 4 rings (SSSR count). The van der Waals surface area contributed by atoms with E-state index in [4.69, 9.17) is 0 Å². The van der Waals surface area contributed by atoms with E-state index in [0.717, 1.165) is 22.2 Å². The number of hydrogen-bond acceptors (Lipinski definition) is 2. The van der Waals surface area contributed by atoms with Crippen LogP contribution in [-0.4, -0.2) is 10.9 Å². The molecule has 1 amide bonds. The molecule has 0 saturated heterocycles. The third-order valence-electron chi connectivity index (χ3n) is 4.52. The molecule has 0 bridgehead atoms. The minimum absolute atomic E-state index is 0.0206. The highest BCUT2D eigenvalue weighted by Gasteiger charge is 2.27. The Morgan fingerprint density at radius 3 is 2.64 bits per heavy atom. The van der Waals surface area contributed by atoms with Crippen LogP contribution < -0.4 is 5.32 Å². The van der Waals surface area contributed by atoms with Crippen LogP contribution in [0.4, 0.5) is 5.69 Å². The van der Waals surface area contributed by atoms with Crippen molar-refractivity contribution in [3.05, 3.63) is 78.0 Å². The van der Waals surface area contributed by atoms with Gasteiger partial charge in [-0.3, -0.25) is 9.78 Å². The summed E-state index contributed by atoms with van der Waals surface area (Å²) in [6.45, 7) is 0. The van der Waals surface area contributed by atoms with Gasteiger partial charge < -0.3 is 5.32 Å². The quantitative estimate of drug-likeness (QED) is 0.711. The highest BCUT2D eigenvalue weighted by Crippen LogP contribution is 2.39. The molecule has 25 heavy (non-hydrogen) atoms. The van der Waals surface area contributed by atoms with Crippen LogP contribution in [0.3, 0.4) is 0 Å². The van der Waals surface area contributed by atoms with Gasteiger partial charge in [0, 0.05) is 18.0 Å². The van der Waals surface area contributed by atoms with E-state index in [1.165, 1.54) is 18.4 Å². The van der Waals surface area contributed by atoms with E-state index in [0.29, 0.717) is 12.3 Å². The zero-order chi connectivity index (χ0) is 17.1. The summed E-state index contributed by atoms with van der Waals surface area (Å²) in [5, 5.41) is 4.07. The van der Waals surface area contributed by atoms with Gasteiger partial charge >= 0.3 is 0 Å². The molecular weight excluding hydrogens is 308 g/mol. The van der Waals surface area contributed by atoms with Crippen LogP contribution in [0.15, 0.2) is 72.4 Å². The van der Waals surface area contributed by atoms with Gasteiger partial charge in [0.25, 0.3) is 0 Å². The maximum atomic E-state index is 12.6. The number of aromatic nitrogens is 1. The summed E-state index contributed by atoms with van der Waals surface area (Å²) < 4.78 is 0. The monoisotopic (exact) mass is 328 g/mol. The van der Waals surface area contributed by atoms with Gasteiger partial charge in [0.1, 0.15) is 0 Å². The summed E-state index contributed by atoms with van der Waals surface area (Å²) in [6, 6.07) is 20.0. The number of amides is 1. The molecule has 3 nitrogen and oxygen atoms in total. The van der Waals surface area contributed by atoms with Gasteiger partial charge in [-0.15, -0.1) is 0 Å². The van der Waals surface area contributed by atoms with E-state index in [-0.39, 0.29) is 5.91 Å². The molecule has 0 aliphatic heterocycles. The summed E-state index contributed by atoms with van der Waals surface area (Å²) in [5.74, 6) is 0.573. The van der Waals surface area contributed by atoms with Crippen molar-refractivity contribution in [3.8, 4) is 0 Å². The largest absolute Gasteiger partial charge is 0.324 e. The van der Waals surface area contributed by atoms with E-state index in [2.05, 4.69) is 28.5 Å². The zero-order valence-electron chi connectivity index (χ0n) is 14.0. The Bertz CT molecular complexity index is 922. The molecule has 124 valence electrons. The van der Waals surface area contributed by atoms with E-state index in [1.807, 2.05) is 48.5 Å². The van der Waals surface area contributed by atoms with Crippen molar-refractivity contribution >= 4 is 28.6 Å². The molecule has 1 aromatic heterocycles. The standard InChI is InChI=1S/C22H20N2O/c25-21(24-20-10-4-8-18-9-5-13-23-22(18)20)15-19(17-11-12-17)14-16-6-2-1-3-7-16/h1-10,13-14,17H,11-12,15H2,(H,24,25)/b19-14-. The van der Waals surface area contributed by atoms with E-state index in [1.54, 1.807) is 6.20 Å². The molecule has 3 aromatic rings. The predicted molar refractivity (Wildman–Crippen MR) is 102 cm³/mol. The third-order valence-corrected chi connectivity index (χ3v) is 4.52. The molecule has 0 unspecified atom stereocenters. The average Bonchev–Trinajstić information content (AvgIpc) is 3.48. The smallest absolute Gasteiger partial charge is 0.228 e. The fourth-order valence-corrected chi connectivity index (χ4v) is 3.12. The molecule has 1 aliphatic carbocycles. The number of anilines is 1. The highest BCUT2D eigenvalue weighted by atomic mass is 16.1. The Hall–Kier alpha value is -2.94. The zero-order valence-corrected chi connectivity index (χ0v) is 14.0. The Morgan fingerprint density at radius 2 is 1.84 bits per heavy atom. The third kappa shape index (κ3) is 3.77. The number of nitrogens with zero attached hydrogens (tertiary/aromatic N) is 1. The lowest BCUT2D eigenvalue weighted by Gasteiger charge is -2.10. The van der Waals surface area contributed by atoms with Gasteiger partial charge in [-0.2, -0.15) is 0 Å². The van der Waals surface area contributed by atoms with Crippen molar-refractivity contribution in [2.75, 3.05) is 5.32 Å². The number of pyridine rings is 1. The summed E-state index contributed by atoms with van der Waals surface area (Å²) >= 11 is 0. The van der Waals surface area contributed by atoms with Gasteiger partial charge in [0.2, 0.25) is 5.91 Å². The molecule has 1 heterocycles. The van der Waals surface area contributed by atoms with Gasteiger partial charge in [-0.05, 0) is 36.5 Å². The number of fused-ring (bicyclic) bond motifs is 1. The van der Waals surface area contributed by atoms with Crippen LogP contribution in [0.25, 0.3) is 17.0 Å². The van der Waals surface area contributed by atoms with Crippen LogP contribution in [-0.2, 0) is 4.79 Å². The SMILES string of the molecule is O=C(C/C(=C/c1ccccc1)C1CC1)Nc1cccc2cccnc12. The maximum absolute atomic E-state index is 12.6. The first-order valence-electron chi connectivity index (χ1n) is 8.69. The van der Waals surface area contributed by atoms with Crippen molar-refractivity contribution in [2.45, 2.75) is 19.3 Å². The predicted octanol–water partition coefficient (Wildman–Crippen LogP) is 5.06. The van der Waals surface area contributed by atoms with Crippen molar-refractivity contribution in [1.29, 1.82) is 0 Å². The number of rotatable bonds is 5. The minimum atomic E-state index is 0.0206. The topological polar surface area (TPSA) is 42.0 Å². The first-order valence-corrected chi connectivity index (χ1v) is 8.69. The number of nitrogens with one attached hydrogen (secondary N) is 1. The average molecular weight is 328 g/mol. The van der Waals surface area contributed by atoms with Crippen molar-refractivity contribution < 1.29 is 4.79 Å². The number of para-hydroxylation sites is 1. The second kappa shape index (κ2) is 6.89. The first-order chi connectivity index (χ1) is 12.3. The van der Waals surface area contributed by atoms with Gasteiger partial charge in [-0.25, -0.2) is 0 Å². The lowest BCUT2D eigenvalue weighted by Crippen LogP contribution is -2.13. The molecule has 0 spiro atoms. The number of carbonyl (C=O) groups excluding carboxylic acids is 1. The molecule has 1 aliphatic rings. The summed E-state index contributed by atoms with van der Waals surface area (Å²) in [7, 11) is 0. The van der Waals surface area contributed by atoms with Crippen LogP contribution in [0.2, 0.25) is 0 Å². The maximum Gasteiger partial charge on any atom is 0.228 e. The molecule has 3 heteroatoms. The van der Waals surface area contributed by atoms with Crippen molar-refractivity contribution in [2.24, 2.45) is 5.92 Å². The molecule has 1 N–H and O–H groups in total. The van der Waals surface area contributed by atoms with E-state index in [9.17, 15) is 4.79 Å². The Morgan fingerprint density at radius 1 is 1.04 bits per heavy atom. The second-order valence-corrected chi connectivity index (χ2v) is 6.51. The first kappa shape index (κ1) is 15.6. The molecule has 1 fully saturated rings. The summed E-state index contributed by atoms with van der Waals surface area (Å²) in [6.07, 6.45) is 6.72. The minimum Gasteiger partial charge on any atom is -0.324 e. The molecule has 0 atom stereocenters. The van der Waals surface area contributed by atoms with Crippen LogP contribution >= 0.6 is 0 Å². The Labute approximate surface area is 147 Å². The molecular formula is C22H20N2O. The number of carbonyl (C=O) groups is 1. The molecule has 2 aromatic carbocycles. The van der Waals surface area contributed by atoms with E-state index < -0.39 is 0 Å². The van der Waals surface area contributed by atoms with Crippen LogP contribution in [0, 0.1) is 5.92 Å². The summed E-state index contributed by atoms with van der Waals surface area (Å²) in [4.78, 5) is 17.0. The fraction of sp³-hybridized carbons (Fsp3) is 0.182. The number of hydrogen-bond donors (Lipinski definition) is 1. The molecule has 1 saturated carbocycles. The summed E-state index contributed by atoms with van der Waals surface area (Å²) in [5.41, 5.74) is 3.98. The van der Waals surface area contributed by atoms with Crippen LogP contribution in [0.5, 0.6) is 0 Å². The highest BCUT2D eigenvalue weighted by molar-refractivity contribution is 6.01. The Kier molecular flexibility index (Phi) is 4.30. The lowest BCUT2D eigenvalue weighted by atomic mass is 10.0.